The summed E-state index contributed by atoms with van der Waals surface area (Å²) in [7, 11) is 2.18. The van der Waals surface area contributed by atoms with Crippen LogP contribution in [-0.2, 0) is 7.05 Å². The van der Waals surface area contributed by atoms with Gasteiger partial charge in [-0.3, -0.25) is 0 Å². The molecule has 1 aromatic heterocycles. The van der Waals surface area contributed by atoms with E-state index in [2.05, 4.69) is 135 Å². The Labute approximate surface area is 184 Å². The van der Waals surface area contributed by atoms with Gasteiger partial charge in [0, 0.05) is 28.9 Å². The smallest absolute Gasteiger partial charge is 0.0568 e. The molecule has 0 atom stereocenters. The Balaban J connectivity index is 1.91. The monoisotopic (exact) mass is 401 g/mol. The maximum Gasteiger partial charge on any atom is 0.0568 e. The first-order valence-corrected chi connectivity index (χ1v) is 10.9. The van der Waals surface area contributed by atoms with Crippen molar-refractivity contribution in [2.75, 3.05) is 0 Å². The number of para-hydroxylation sites is 1. The Morgan fingerprint density at radius 3 is 1.97 bits per heavy atom. The van der Waals surface area contributed by atoms with E-state index < -0.39 is 0 Å². The lowest BCUT2D eigenvalue weighted by Gasteiger charge is -2.22. The lowest BCUT2D eigenvalue weighted by atomic mass is 9.83. The van der Waals surface area contributed by atoms with Gasteiger partial charge in [0.05, 0.1) is 5.69 Å². The molecular formula is C30H27N. The second-order valence-electron chi connectivity index (χ2n) is 8.85. The summed E-state index contributed by atoms with van der Waals surface area (Å²) in [4.78, 5) is 0. The van der Waals surface area contributed by atoms with Gasteiger partial charge in [-0.05, 0) is 28.3 Å². The minimum Gasteiger partial charge on any atom is -0.343 e. The van der Waals surface area contributed by atoms with Crippen LogP contribution in [0.15, 0.2) is 115 Å². The van der Waals surface area contributed by atoms with Crippen LogP contribution in [0.4, 0.5) is 0 Å². The van der Waals surface area contributed by atoms with Crippen LogP contribution >= 0.6 is 0 Å². The summed E-state index contributed by atoms with van der Waals surface area (Å²) >= 11 is 0. The Morgan fingerprint density at radius 1 is 0.710 bits per heavy atom. The Bertz CT molecular complexity index is 1310. The predicted octanol–water partition coefficient (Wildman–Crippen LogP) is 7.80. The van der Waals surface area contributed by atoms with Gasteiger partial charge in [0.15, 0.2) is 0 Å². The molecule has 0 unspecified atom stereocenters. The van der Waals surface area contributed by atoms with E-state index in [0.29, 0.717) is 0 Å². The molecule has 0 fully saturated rings. The molecule has 0 amide bonds. The van der Waals surface area contributed by atoms with Gasteiger partial charge in [0.25, 0.3) is 0 Å². The molecule has 1 nitrogen and oxygen atoms in total. The van der Waals surface area contributed by atoms with Crippen LogP contribution in [-0.4, -0.2) is 4.57 Å². The van der Waals surface area contributed by atoms with E-state index in [1.54, 1.807) is 0 Å². The summed E-state index contributed by atoms with van der Waals surface area (Å²) in [5.74, 6) is 0. The van der Waals surface area contributed by atoms with Crippen molar-refractivity contribution in [3.8, 4) is 11.3 Å². The number of hydrogen-bond acceptors (Lipinski definition) is 0. The Morgan fingerprint density at radius 2 is 1.29 bits per heavy atom. The number of hydrogen-bond donors (Lipinski definition) is 0. The summed E-state index contributed by atoms with van der Waals surface area (Å²) in [6.07, 6.45) is 9.19. The topological polar surface area (TPSA) is 4.93 Å². The fourth-order valence-corrected chi connectivity index (χ4v) is 4.53. The molecule has 0 bridgehead atoms. The van der Waals surface area contributed by atoms with Gasteiger partial charge in [-0.2, -0.15) is 0 Å². The molecule has 1 heteroatoms. The van der Waals surface area contributed by atoms with Crippen molar-refractivity contribution in [3.63, 3.8) is 0 Å². The zero-order chi connectivity index (χ0) is 21.4. The Hall–Kier alpha value is -3.58. The maximum absolute atomic E-state index is 2.34. The molecule has 1 aliphatic rings. The Kier molecular flexibility index (Phi) is 4.75. The minimum atomic E-state index is 0.0757. The van der Waals surface area contributed by atoms with Crippen LogP contribution in [0.1, 0.15) is 25.0 Å². The standard InChI is InChI=1S/C30H27N/c1-30(2)20-18-23(19-21-30)27(22-12-6-4-7-13-22)28-25-16-10-11-17-26(25)31(3)29(28)24-14-8-5-9-15-24/h4-21H,1-3H3. The summed E-state index contributed by atoms with van der Waals surface area (Å²) < 4.78 is 2.34. The molecule has 0 N–H and O–H groups in total. The van der Waals surface area contributed by atoms with E-state index in [9.17, 15) is 0 Å². The molecule has 152 valence electrons. The highest BCUT2D eigenvalue weighted by Gasteiger charge is 2.23. The average Bonchev–Trinajstić information content (AvgIpc) is 3.09. The second kappa shape index (κ2) is 7.59. The average molecular weight is 402 g/mol. The quantitative estimate of drug-likeness (QED) is 0.330. The first-order valence-electron chi connectivity index (χ1n) is 10.9. The summed E-state index contributed by atoms with van der Waals surface area (Å²) in [6.45, 7) is 4.48. The van der Waals surface area contributed by atoms with E-state index >= 15 is 0 Å². The van der Waals surface area contributed by atoms with Crippen LogP contribution < -0.4 is 0 Å². The van der Waals surface area contributed by atoms with Crippen molar-refractivity contribution < 1.29 is 0 Å². The molecule has 0 radical (unpaired) electrons. The molecule has 1 aliphatic carbocycles. The SMILES string of the molecule is Cn1c(-c2ccccc2)c(C(=C2C=CC(C)(C)C=C2)c2ccccc2)c2ccccc21. The fraction of sp³-hybridized carbons (Fsp3) is 0.133. The summed E-state index contributed by atoms with van der Waals surface area (Å²) in [6, 6.07) is 30.3. The zero-order valence-electron chi connectivity index (χ0n) is 18.3. The highest BCUT2D eigenvalue weighted by molar-refractivity contribution is 6.05. The van der Waals surface area contributed by atoms with E-state index in [0.717, 1.165) is 0 Å². The van der Waals surface area contributed by atoms with Gasteiger partial charge in [-0.25, -0.2) is 0 Å². The van der Waals surface area contributed by atoms with Crippen molar-refractivity contribution >= 4 is 16.5 Å². The van der Waals surface area contributed by atoms with Gasteiger partial charge < -0.3 is 4.57 Å². The molecule has 0 saturated carbocycles. The van der Waals surface area contributed by atoms with Gasteiger partial charge in [-0.15, -0.1) is 0 Å². The minimum absolute atomic E-state index is 0.0757. The highest BCUT2D eigenvalue weighted by atomic mass is 15.0. The molecule has 3 aromatic carbocycles. The third kappa shape index (κ3) is 3.47. The molecule has 1 heterocycles. The summed E-state index contributed by atoms with van der Waals surface area (Å²) in [5.41, 5.74) is 8.85. The van der Waals surface area contributed by atoms with Gasteiger partial charge in [-0.1, -0.05) is 117 Å². The second-order valence-corrected chi connectivity index (χ2v) is 8.85. The fourth-order valence-electron chi connectivity index (χ4n) is 4.53. The van der Waals surface area contributed by atoms with Crippen molar-refractivity contribution in [3.05, 3.63) is 126 Å². The van der Waals surface area contributed by atoms with E-state index in [-0.39, 0.29) is 5.41 Å². The summed E-state index contributed by atoms with van der Waals surface area (Å²) in [5, 5.41) is 1.28. The van der Waals surface area contributed by atoms with Crippen LogP contribution in [0.3, 0.4) is 0 Å². The number of fused-ring (bicyclic) bond motifs is 1. The van der Waals surface area contributed by atoms with Crippen LogP contribution in [0.2, 0.25) is 0 Å². The van der Waals surface area contributed by atoms with E-state index in [1.807, 2.05) is 0 Å². The van der Waals surface area contributed by atoms with Crippen LogP contribution in [0.5, 0.6) is 0 Å². The number of aryl methyl sites for hydroxylation is 1. The first-order chi connectivity index (χ1) is 15.1. The van der Waals surface area contributed by atoms with Crippen LogP contribution in [0, 0.1) is 5.41 Å². The number of allylic oxidation sites excluding steroid dienone is 5. The number of rotatable bonds is 3. The molecule has 31 heavy (non-hydrogen) atoms. The predicted molar refractivity (Wildman–Crippen MR) is 133 cm³/mol. The van der Waals surface area contributed by atoms with Crippen molar-refractivity contribution in [2.45, 2.75) is 13.8 Å². The molecule has 0 spiro atoms. The molecule has 0 aliphatic heterocycles. The lowest BCUT2D eigenvalue weighted by molar-refractivity contribution is 0.621. The van der Waals surface area contributed by atoms with Crippen molar-refractivity contribution in [2.24, 2.45) is 12.5 Å². The largest absolute Gasteiger partial charge is 0.343 e. The van der Waals surface area contributed by atoms with Gasteiger partial charge in [0.1, 0.15) is 0 Å². The third-order valence-electron chi connectivity index (χ3n) is 6.14. The van der Waals surface area contributed by atoms with Crippen molar-refractivity contribution in [1.29, 1.82) is 0 Å². The third-order valence-corrected chi connectivity index (χ3v) is 6.14. The maximum atomic E-state index is 2.34. The zero-order valence-corrected chi connectivity index (χ0v) is 18.3. The van der Waals surface area contributed by atoms with Gasteiger partial charge in [0.2, 0.25) is 0 Å². The molecule has 4 aromatic rings. The van der Waals surface area contributed by atoms with Crippen molar-refractivity contribution in [1.82, 2.24) is 4.57 Å². The highest BCUT2D eigenvalue weighted by Crippen LogP contribution is 2.43. The molecule has 5 rings (SSSR count). The normalized spacial score (nSPS) is 14.9. The van der Waals surface area contributed by atoms with E-state index in [1.165, 1.54) is 44.4 Å². The number of benzene rings is 3. The number of aromatic nitrogens is 1. The first kappa shape index (κ1) is 19.4. The van der Waals surface area contributed by atoms with Crippen LogP contribution in [0.25, 0.3) is 27.7 Å². The molecule has 0 saturated heterocycles. The number of nitrogens with zero attached hydrogens (tertiary/aromatic N) is 1. The lowest BCUT2D eigenvalue weighted by Crippen LogP contribution is -2.06. The van der Waals surface area contributed by atoms with E-state index in [4.69, 9.17) is 0 Å². The van der Waals surface area contributed by atoms with Gasteiger partial charge >= 0.3 is 0 Å². The molecular weight excluding hydrogens is 374 g/mol.